The van der Waals surface area contributed by atoms with Gasteiger partial charge in [-0.1, -0.05) is 0 Å². The Morgan fingerprint density at radius 1 is 1.13 bits per heavy atom. The molecule has 0 aliphatic carbocycles. The van der Waals surface area contributed by atoms with Gasteiger partial charge in [-0.3, -0.25) is 15.5 Å². The number of sulfonamides is 1. The van der Waals surface area contributed by atoms with Crippen LogP contribution in [0.25, 0.3) is 0 Å². The first kappa shape index (κ1) is 22.7. The van der Waals surface area contributed by atoms with E-state index in [1.807, 2.05) is 0 Å². The lowest BCUT2D eigenvalue weighted by Gasteiger charge is -2.26. The molecule has 0 spiro atoms. The molecule has 0 atom stereocenters. The summed E-state index contributed by atoms with van der Waals surface area (Å²) in [6, 6.07) is 12.3. The second-order valence-corrected chi connectivity index (χ2v) is 8.95. The van der Waals surface area contributed by atoms with Gasteiger partial charge in [0.1, 0.15) is 0 Å². The van der Waals surface area contributed by atoms with Crippen LogP contribution in [0.15, 0.2) is 58.5 Å². The van der Waals surface area contributed by atoms with E-state index in [1.165, 1.54) is 28.6 Å². The zero-order valence-corrected chi connectivity index (χ0v) is 18.3. The topological polar surface area (TPSA) is 126 Å². The number of rotatable bonds is 6. The predicted octanol–water partition coefficient (Wildman–Crippen LogP) is 2.33. The Morgan fingerprint density at radius 2 is 1.74 bits per heavy atom. The lowest BCUT2D eigenvalue weighted by atomic mass is 10.1. The summed E-state index contributed by atoms with van der Waals surface area (Å²) in [5.74, 6) is 0. The summed E-state index contributed by atoms with van der Waals surface area (Å²) in [7, 11) is -3.55. The first-order valence-corrected chi connectivity index (χ1v) is 11.2. The molecule has 2 N–H and O–H groups in total. The molecule has 0 unspecified atom stereocenters. The van der Waals surface area contributed by atoms with E-state index in [9.17, 15) is 18.5 Å². The van der Waals surface area contributed by atoms with Gasteiger partial charge in [-0.2, -0.15) is 9.41 Å². The summed E-state index contributed by atoms with van der Waals surface area (Å²) in [4.78, 5) is 10.5. The van der Waals surface area contributed by atoms with Gasteiger partial charge in [0.15, 0.2) is 5.11 Å². The van der Waals surface area contributed by atoms with Crippen LogP contribution in [0.5, 0.6) is 0 Å². The summed E-state index contributed by atoms with van der Waals surface area (Å²) in [6.45, 7) is 3.18. The lowest BCUT2D eigenvalue weighted by molar-refractivity contribution is -0.384. The molecule has 1 heterocycles. The van der Waals surface area contributed by atoms with Crippen LogP contribution in [-0.4, -0.2) is 54.8 Å². The van der Waals surface area contributed by atoms with E-state index in [1.54, 1.807) is 31.2 Å². The van der Waals surface area contributed by atoms with Crippen molar-refractivity contribution in [2.75, 3.05) is 31.6 Å². The minimum absolute atomic E-state index is 0.000720. The molecule has 0 radical (unpaired) electrons. The monoisotopic (exact) mass is 463 g/mol. The smallest absolute Gasteiger partial charge is 0.269 e. The maximum atomic E-state index is 12.6. The molecule has 31 heavy (non-hydrogen) atoms. The van der Waals surface area contributed by atoms with Crippen LogP contribution in [0.2, 0.25) is 0 Å². The predicted molar refractivity (Wildman–Crippen MR) is 121 cm³/mol. The molecule has 1 saturated heterocycles. The summed E-state index contributed by atoms with van der Waals surface area (Å²) in [6.07, 6.45) is 0. The SMILES string of the molecule is C/C(=N/NC(=S)Nc1ccc(S(=O)(=O)N2CCOCC2)cc1)c1ccc([N+](=O)[O-])cc1. The third kappa shape index (κ3) is 5.82. The molecule has 0 saturated carbocycles. The molecule has 0 bridgehead atoms. The van der Waals surface area contributed by atoms with Crippen LogP contribution >= 0.6 is 12.2 Å². The number of hydrazone groups is 1. The maximum absolute atomic E-state index is 12.6. The van der Waals surface area contributed by atoms with Crippen molar-refractivity contribution < 1.29 is 18.1 Å². The number of anilines is 1. The zero-order chi connectivity index (χ0) is 22.4. The van der Waals surface area contributed by atoms with Crippen molar-refractivity contribution in [2.24, 2.45) is 5.10 Å². The van der Waals surface area contributed by atoms with Crippen molar-refractivity contribution in [3.05, 3.63) is 64.2 Å². The molecule has 0 amide bonds. The number of thiocarbonyl (C=S) groups is 1. The number of morpholine rings is 1. The van der Waals surface area contributed by atoms with Crippen LogP contribution in [0.3, 0.4) is 0 Å². The van der Waals surface area contributed by atoms with E-state index in [4.69, 9.17) is 17.0 Å². The van der Waals surface area contributed by atoms with Gasteiger partial charge in [0, 0.05) is 30.9 Å². The fraction of sp³-hybridized carbons (Fsp3) is 0.263. The molecule has 1 fully saturated rings. The van der Waals surface area contributed by atoms with Crippen LogP contribution in [-0.2, 0) is 14.8 Å². The number of nitro benzene ring substituents is 1. The van der Waals surface area contributed by atoms with Crippen LogP contribution in [0.1, 0.15) is 12.5 Å². The Morgan fingerprint density at radius 3 is 2.32 bits per heavy atom. The van der Waals surface area contributed by atoms with Gasteiger partial charge in [-0.25, -0.2) is 8.42 Å². The third-order valence-corrected chi connectivity index (χ3v) is 6.65. The van der Waals surface area contributed by atoms with Crippen molar-refractivity contribution >= 4 is 44.4 Å². The molecule has 2 aromatic rings. The van der Waals surface area contributed by atoms with Gasteiger partial charge < -0.3 is 10.1 Å². The Hall–Kier alpha value is -2.93. The van der Waals surface area contributed by atoms with Crippen molar-refractivity contribution in [3.63, 3.8) is 0 Å². The fourth-order valence-electron chi connectivity index (χ4n) is 2.83. The van der Waals surface area contributed by atoms with E-state index in [-0.39, 0.29) is 15.7 Å². The summed E-state index contributed by atoms with van der Waals surface area (Å²) < 4.78 is 31.9. The highest BCUT2D eigenvalue weighted by molar-refractivity contribution is 7.89. The Kier molecular flexibility index (Phi) is 7.28. The largest absolute Gasteiger partial charge is 0.379 e. The Balaban J connectivity index is 1.59. The van der Waals surface area contributed by atoms with Gasteiger partial charge in [-0.05, 0) is 61.1 Å². The van der Waals surface area contributed by atoms with Crippen LogP contribution < -0.4 is 10.7 Å². The summed E-state index contributed by atoms with van der Waals surface area (Å²) >= 11 is 5.21. The van der Waals surface area contributed by atoms with Gasteiger partial charge >= 0.3 is 0 Å². The average Bonchev–Trinajstić information content (AvgIpc) is 2.78. The fourth-order valence-corrected chi connectivity index (χ4v) is 4.40. The molecule has 12 heteroatoms. The van der Waals surface area contributed by atoms with E-state index in [0.717, 1.165) is 0 Å². The maximum Gasteiger partial charge on any atom is 0.269 e. The first-order chi connectivity index (χ1) is 14.8. The van der Waals surface area contributed by atoms with Gasteiger partial charge in [-0.15, -0.1) is 0 Å². The number of benzene rings is 2. The summed E-state index contributed by atoms with van der Waals surface area (Å²) in [5.41, 5.74) is 4.59. The van der Waals surface area contributed by atoms with E-state index in [0.29, 0.717) is 43.3 Å². The molecule has 10 nitrogen and oxygen atoms in total. The minimum Gasteiger partial charge on any atom is -0.379 e. The number of nitrogens with one attached hydrogen (secondary N) is 2. The third-order valence-electron chi connectivity index (χ3n) is 4.54. The van der Waals surface area contributed by atoms with E-state index >= 15 is 0 Å². The normalized spacial score (nSPS) is 15.3. The molecular formula is C19H21N5O5S2. The number of ether oxygens (including phenoxy) is 1. The van der Waals surface area contributed by atoms with Gasteiger partial charge in [0.2, 0.25) is 10.0 Å². The minimum atomic E-state index is -3.55. The number of non-ortho nitro benzene ring substituents is 1. The van der Waals surface area contributed by atoms with Crippen molar-refractivity contribution in [1.29, 1.82) is 0 Å². The molecular weight excluding hydrogens is 442 g/mol. The quantitative estimate of drug-likeness (QED) is 0.289. The number of hydrogen-bond acceptors (Lipinski definition) is 7. The van der Waals surface area contributed by atoms with Crippen LogP contribution in [0, 0.1) is 10.1 Å². The van der Waals surface area contributed by atoms with E-state index < -0.39 is 14.9 Å². The van der Waals surface area contributed by atoms with Gasteiger partial charge in [0.25, 0.3) is 5.69 Å². The van der Waals surface area contributed by atoms with Crippen molar-refractivity contribution in [3.8, 4) is 0 Å². The highest BCUT2D eigenvalue weighted by Crippen LogP contribution is 2.19. The number of nitrogens with zero attached hydrogens (tertiary/aromatic N) is 3. The molecule has 1 aliphatic heterocycles. The Labute approximate surface area is 185 Å². The van der Waals surface area contributed by atoms with E-state index in [2.05, 4.69) is 15.8 Å². The molecule has 0 aromatic heterocycles. The molecule has 3 rings (SSSR count). The van der Waals surface area contributed by atoms with Crippen molar-refractivity contribution in [1.82, 2.24) is 9.73 Å². The van der Waals surface area contributed by atoms with Gasteiger partial charge in [0.05, 0.1) is 28.7 Å². The number of hydrogen-bond donors (Lipinski definition) is 2. The second-order valence-electron chi connectivity index (χ2n) is 6.61. The van der Waals surface area contributed by atoms with Crippen molar-refractivity contribution in [2.45, 2.75) is 11.8 Å². The lowest BCUT2D eigenvalue weighted by Crippen LogP contribution is -2.40. The highest BCUT2D eigenvalue weighted by Gasteiger charge is 2.26. The molecule has 2 aromatic carbocycles. The second kappa shape index (κ2) is 9.92. The molecule has 164 valence electrons. The Bertz CT molecular complexity index is 1080. The standard InChI is InChI=1S/C19H21N5O5S2/c1-14(15-2-6-17(7-3-15)24(25)26)21-22-19(30)20-16-4-8-18(9-5-16)31(27,28)23-10-12-29-13-11-23/h2-9H,10-13H2,1H3,(H2,20,22,30)/b21-14-. The highest BCUT2D eigenvalue weighted by atomic mass is 32.2. The zero-order valence-electron chi connectivity index (χ0n) is 16.6. The first-order valence-electron chi connectivity index (χ1n) is 9.31. The average molecular weight is 464 g/mol. The summed E-state index contributed by atoms with van der Waals surface area (Å²) in [5, 5.41) is 18.0. The molecule has 1 aliphatic rings. The number of nitro groups is 1. The van der Waals surface area contributed by atoms with Crippen LogP contribution in [0.4, 0.5) is 11.4 Å².